The molecule has 2 fully saturated rings. The van der Waals surface area contributed by atoms with Crippen LogP contribution in [0.3, 0.4) is 0 Å². The predicted octanol–water partition coefficient (Wildman–Crippen LogP) is 6.46. The van der Waals surface area contributed by atoms with E-state index in [1.165, 1.54) is 0 Å². The summed E-state index contributed by atoms with van der Waals surface area (Å²) in [6, 6.07) is 4.70. The Labute approximate surface area is 279 Å². The van der Waals surface area contributed by atoms with Crippen molar-refractivity contribution in [2.24, 2.45) is 23.2 Å². The maximum Gasteiger partial charge on any atom is 0.329 e. The maximum atomic E-state index is 14.6. The number of rotatable bonds is 3. The topological polar surface area (TPSA) is 117 Å². The van der Waals surface area contributed by atoms with Crippen LogP contribution in [0, 0.1) is 23.2 Å². The smallest absolute Gasteiger partial charge is 0.329 e. The molecule has 2 aromatic rings. The van der Waals surface area contributed by atoms with Gasteiger partial charge in [0, 0.05) is 17.9 Å². The highest BCUT2D eigenvalue weighted by molar-refractivity contribution is 5.90. The van der Waals surface area contributed by atoms with Gasteiger partial charge in [-0.05, 0) is 70.4 Å². The second-order valence-electron chi connectivity index (χ2n) is 15.8. The first kappa shape index (κ1) is 34.9. The number of ether oxygens (including phenoxy) is 4. The van der Waals surface area contributed by atoms with Gasteiger partial charge >= 0.3 is 11.9 Å². The molecule has 2 unspecified atom stereocenters. The third-order valence-corrected chi connectivity index (χ3v) is 10.2. The lowest BCUT2D eigenvalue weighted by Gasteiger charge is -2.35. The van der Waals surface area contributed by atoms with Crippen molar-refractivity contribution in [3.63, 3.8) is 0 Å². The molecule has 2 bridgehead atoms. The van der Waals surface area contributed by atoms with Crippen LogP contribution >= 0.6 is 0 Å². The molecule has 0 radical (unpaired) electrons. The Morgan fingerprint density at radius 1 is 1.06 bits per heavy atom. The van der Waals surface area contributed by atoms with E-state index in [2.05, 4.69) is 6.92 Å². The van der Waals surface area contributed by atoms with E-state index in [-0.39, 0.29) is 24.8 Å². The highest BCUT2D eigenvalue weighted by Crippen LogP contribution is 2.53. The number of methoxy groups -OCH3 is 1. The standard InChI is InChI=1S/C37H53N3O7/c1-10-37-20-23(37)14-12-11-13-15-27-32(39-28-18-24(44-9)16-17-26(28)38-27)45-29-21-40(31(22(29)2)34(43)47-36(6,7)8)33(42)25(35(3,4)5)19-30(41)46-37/h16-18,22-23,25,29,31H,10-15,19-21H2,1-9H3/t22-,23?,25-,29+,31+,37?/m1/s1. The Bertz CT molecular complexity index is 1500. The number of fused-ring (bicyclic) bond motifs is 5. The van der Waals surface area contributed by atoms with Crippen molar-refractivity contribution in [2.45, 2.75) is 130 Å². The Morgan fingerprint density at radius 3 is 2.47 bits per heavy atom. The van der Waals surface area contributed by atoms with Crippen molar-refractivity contribution >= 4 is 28.9 Å². The lowest BCUT2D eigenvalue weighted by Crippen LogP contribution is -2.50. The van der Waals surface area contributed by atoms with Gasteiger partial charge in [0.1, 0.15) is 34.8 Å². The van der Waals surface area contributed by atoms with E-state index >= 15 is 0 Å². The number of nitrogens with zero attached hydrogens (tertiary/aromatic N) is 3. The molecule has 258 valence electrons. The van der Waals surface area contributed by atoms with E-state index < -0.39 is 46.6 Å². The largest absolute Gasteiger partial charge is 0.497 e. The van der Waals surface area contributed by atoms with Crippen molar-refractivity contribution in [3.05, 3.63) is 23.9 Å². The van der Waals surface area contributed by atoms with Crippen LogP contribution in [-0.2, 0) is 30.3 Å². The summed E-state index contributed by atoms with van der Waals surface area (Å²) in [6.07, 6.45) is 5.57. The second-order valence-corrected chi connectivity index (χ2v) is 15.8. The molecule has 3 aliphatic rings. The Morgan fingerprint density at radius 2 is 1.81 bits per heavy atom. The summed E-state index contributed by atoms with van der Waals surface area (Å²) in [6.45, 7) is 15.4. The summed E-state index contributed by atoms with van der Waals surface area (Å²) in [7, 11) is 1.61. The Balaban J connectivity index is 1.56. The van der Waals surface area contributed by atoms with Gasteiger partial charge < -0.3 is 23.8 Å². The first-order chi connectivity index (χ1) is 22.0. The van der Waals surface area contributed by atoms with Crippen molar-refractivity contribution in [1.82, 2.24) is 14.9 Å². The third kappa shape index (κ3) is 7.67. The number of carbonyl (C=O) groups is 3. The number of benzene rings is 1. The molecular weight excluding hydrogens is 598 g/mol. The summed E-state index contributed by atoms with van der Waals surface area (Å²) in [5.41, 5.74) is 0.366. The fourth-order valence-electron chi connectivity index (χ4n) is 7.23. The minimum atomic E-state index is -0.901. The van der Waals surface area contributed by atoms with E-state index in [1.54, 1.807) is 12.0 Å². The molecule has 1 saturated carbocycles. The fraction of sp³-hybridized carbons (Fsp3) is 0.703. The predicted molar refractivity (Wildman–Crippen MR) is 178 cm³/mol. The lowest BCUT2D eigenvalue weighted by atomic mass is 9.77. The number of aromatic nitrogens is 2. The molecule has 47 heavy (non-hydrogen) atoms. The van der Waals surface area contributed by atoms with Crippen molar-refractivity contribution < 1.29 is 33.3 Å². The summed E-state index contributed by atoms with van der Waals surface area (Å²) in [5.74, 6) is -0.868. The van der Waals surface area contributed by atoms with Gasteiger partial charge in [-0.2, -0.15) is 0 Å². The van der Waals surface area contributed by atoms with Crippen LogP contribution in [0.4, 0.5) is 0 Å². The normalized spacial score (nSPS) is 29.1. The van der Waals surface area contributed by atoms with E-state index in [1.807, 2.05) is 66.7 Å². The van der Waals surface area contributed by atoms with Crippen LogP contribution < -0.4 is 9.47 Å². The summed E-state index contributed by atoms with van der Waals surface area (Å²) in [4.78, 5) is 53.3. The quantitative estimate of drug-likeness (QED) is 0.345. The van der Waals surface area contributed by atoms with Crippen LogP contribution in [0.25, 0.3) is 11.0 Å². The number of aryl methyl sites for hydroxylation is 1. The van der Waals surface area contributed by atoms with Gasteiger partial charge in [0.15, 0.2) is 0 Å². The van der Waals surface area contributed by atoms with Gasteiger partial charge in [0.05, 0.1) is 37.0 Å². The van der Waals surface area contributed by atoms with Crippen molar-refractivity contribution in [1.29, 1.82) is 0 Å². The molecule has 6 atom stereocenters. The molecule has 0 N–H and O–H groups in total. The Kier molecular flexibility index (Phi) is 9.82. The van der Waals surface area contributed by atoms with E-state index in [9.17, 15) is 14.4 Å². The maximum absolute atomic E-state index is 14.6. The average molecular weight is 652 g/mol. The van der Waals surface area contributed by atoms with Crippen LogP contribution in [0.1, 0.15) is 106 Å². The SMILES string of the molecule is CCC12CC1CCCCCc1nc3ccc(OC)cc3nc1O[C@H]1CN(C(=O)[C@H](C(C)(C)C)CC(=O)O2)[C@H](C(=O)OC(C)(C)C)[C@@H]1C. The van der Waals surface area contributed by atoms with Gasteiger partial charge in [0.2, 0.25) is 11.8 Å². The molecule has 3 heterocycles. The van der Waals surface area contributed by atoms with Crippen LogP contribution in [0.15, 0.2) is 18.2 Å². The fourth-order valence-corrected chi connectivity index (χ4v) is 7.23. The van der Waals surface area contributed by atoms with Gasteiger partial charge in [-0.15, -0.1) is 0 Å². The average Bonchev–Trinajstić information content (AvgIpc) is 3.57. The van der Waals surface area contributed by atoms with Crippen LogP contribution in [0.5, 0.6) is 11.6 Å². The zero-order valence-electron chi connectivity index (χ0n) is 29.7. The first-order valence-electron chi connectivity index (χ1n) is 17.3. The highest BCUT2D eigenvalue weighted by Gasteiger charge is 2.56. The number of carbonyl (C=O) groups excluding carboxylic acids is 3. The summed E-state index contributed by atoms with van der Waals surface area (Å²) < 4.78 is 24.1. The first-order valence-corrected chi connectivity index (χ1v) is 17.3. The Hall–Kier alpha value is -3.43. The number of hydrogen-bond acceptors (Lipinski definition) is 9. The van der Waals surface area contributed by atoms with Gasteiger partial charge in [-0.25, -0.2) is 14.8 Å². The highest BCUT2D eigenvalue weighted by atomic mass is 16.6. The van der Waals surface area contributed by atoms with E-state index in [0.717, 1.165) is 49.7 Å². The molecule has 1 amide bonds. The number of hydrogen-bond donors (Lipinski definition) is 0. The molecule has 10 heteroatoms. The number of amides is 1. The van der Waals surface area contributed by atoms with Crippen LogP contribution in [0.2, 0.25) is 0 Å². The lowest BCUT2D eigenvalue weighted by molar-refractivity contribution is -0.167. The van der Waals surface area contributed by atoms with Gasteiger partial charge in [0.25, 0.3) is 0 Å². The van der Waals surface area contributed by atoms with Gasteiger partial charge in [-0.3, -0.25) is 9.59 Å². The zero-order valence-corrected chi connectivity index (χ0v) is 29.7. The summed E-state index contributed by atoms with van der Waals surface area (Å²) in [5, 5.41) is 0. The van der Waals surface area contributed by atoms with E-state index in [4.69, 9.17) is 28.9 Å². The molecule has 0 spiro atoms. The van der Waals surface area contributed by atoms with Crippen molar-refractivity contribution in [3.8, 4) is 11.6 Å². The van der Waals surface area contributed by atoms with Crippen molar-refractivity contribution in [2.75, 3.05) is 13.7 Å². The van der Waals surface area contributed by atoms with E-state index in [0.29, 0.717) is 29.5 Å². The molecule has 10 nitrogen and oxygen atoms in total. The van der Waals surface area contributed by atoms with Crippen LogP contribution in [-0.4, -0.2) is 69.7 Å². The molecule has 5 rings (SSSR count). The van der Waals surface area contributed by atoms with Gasteiger partial charge in [-0.1, -0.05) is 47.5 Å². The minimum absolute atomic E-state index is 0.0591. The zero-order chi connectivity index (χ0) is 34.3. The third-order valence-electron chi connectivity index (χ3n) is 10.2. The second kappa shape index (κ2) is 13.2. The molecular formula is C37H53N3O7. The molecule has 1 saturated heterocycles. The molecule has 1 aromatic heterocycles. The molecule has 2 aliphatic heterocycles. The monoisotopic (exact) mass is 651 g/mol. The molecule has 1 aliphatic carbocycles. The summed E-state index contributed by atoms with van der Waals surface area (Å²) >= 11 is 0. The number of esters is 2. The minimum Gasteiger partial charge on any atom is -0.497 e. The molecule has 1 aromatic carbocycles.